The van der Waals surface area contributed by atoms with E-state index in [0.717, 1.165) is 27.3 Å². The summed E-state index contributed by atoms with van der Waals surface area (Å²) in [6, 6.07) is 16.8. The highest BCUT2D eigenvalue weighted by molar-refractivity contribution is 6.08. The number of rotatable bonds is 5. The zero-order chi connectivity index (χ0) is 21.5. The Hall–Kier alpha value is -3.93. The normalized spacial score (nSPS) is 15.1. The van der Waals surface area contributed by atoms with E-state index in [9.17, 15) is 14.4 Å². The first kappa shape index (κ1) is 19.1. The van der Waals surface area contributed by atoms with Gasteiger partial charge < -0.3 is 14.5 Å². The van der Waals surface area contributed by atoms with Crippen molar-refractivity contribution < 1.29 is 23.5 Å². The van der Waals surface area contributed by atoms with Crippen molar-refractivity contribution in [2.75, 3.05) is 11.9 Å². The van der Waals surface area contributed by atoms with E-state index in [1.807, 2.05) is 36.4 Å². The molecule has 0 saturated heterocycles. The summed E-state index contributed by atoms with van der Waals surface area (Å²) in [5.41, 5.74) is 3.33. The molecule has 0 radical (unpaired) electrons. The average molecular weight is 413 g/mol. The van der Waals surface area contributed by atoms with Gasteiger partial charge in [-0.05, 0) is 47.5 Å². The number of benzene rings is 3. The van der Waals surface area contributed by atoms with Crippen LogP contribution in [-0.4, -0.2) is 24.3 Å². The summed E-state index contributed by atoms with van der Waals surface area (Å²) in [6.45, 7) is 1.43. The Morgan fingerprint density at radius 3 is 2.81 bits per heavy atom. The Kier molecular flexibility index (Phi) is 4.55. The maximum Gasteiger partial charge on any atom is 0.310 e. The molecule has 5 rings (SSSR count). The van der Waals surface area contributed by atoms with Gasteiger partial charge in [-0.1, -0.05) is 30.3 Å². The third kappa shape index (κ3) is 3.36. The number of carbonyl (C=O) groups excluding carboxylic acids is 3. The molecule has 1 aliphatic rings. The summed E-state index contributed by atoms with van der Waals surface area (Å²) in [5.74, 6) is -1.22. The number of ether oxygens (including phenoxy) is 1. The highest BCUT2D eigenvalue weighted by atomic mass is 16.5. The van der Waals surface area contributed by atoms with Crippen LogP contribution in [0.25, 0.3) is 21.7 Å². The molecule has 2 heterocycles. The highest BCUT2D eigenvalue weighted by Crippen LogP contribution is 2.33. The number of hydrogen-bond acceptors (Lipinski definition) is 5. The van der Waals surface area contributed by atoms with E-state index in [0.29, 0.717) is 16.8 Å². The highest BCUT2D eigenvalue weighted by Gasteiger charge is 2.27. The Bertz CT molecular complexity index is 1370. The van der Waals surface area contributed by atoms with E-state index in [1.54, 1.807) is 31.4 Å². The van der Waals surface area contributed by atoms with Crippen LogP contribution in [0.15, 0.2) is 65.3 Å². The van der Waals surface area contributed by atoms with Crippen LogP contribution in [0.3, 0.4) is 0 Å². The molecule has 3 aromatic carbocycles. The van der Waals surface area contributed by atoms with E-state index in [-0.39, 0.29) is 30.6 Å². The van der Waals surface area contributed by atoms with Crippen LogP contribution < -0.4 is 5.32 Å². The molecule has 1 aliphatic heterocycles. The molecule has 1 amide bonds. The van der Waals surface area contributed by atoms with Crippen LogP contribution in [0.2, 0.25) is 0 Å². The molecule has 31 heavy (non-hydrogen) atoms. The van der Waals surface area contributed by atoms with Gasteiger partial charge in [0, 0.05) is 22.2 Å². The maximum atomic E-state index is 12.5. The summed E-state index contributed by atoms with van der Waals surface area (Å²) >= 11 is 0. The predicted octanol–water partition coefficient (Wildman–Crippen LogP) is 4.61. The average Bonchev–Trinajstić information content (AvgIpc) is 3.32. The number of amides is 1. The molecule has 0 spiro atoms. The third-order valence-corrected chi connectivity index (χ3v) is 5.73. The second-order valence-electron chi connectivity index (χ2n) is 7.69. The van der Waals surface area contributed by atoms with E-state index in [4.69, 9.17) is 9.15 Å². The molecule has 1 atom stereocenters. The molecule has 6 nitrogen and oxygen atoms in total. The van der Waals surface area contributed by atoms with Gasteiger partial charge in [0.2, 0.25) is 5.91 Å². The van der Waals surface area contributed by atoms with Crippen LogP contribution in [-0.2, 0) is 20.7 Å². The quantitative estimate of drug-likeness (QED) is 0.381. The first-order valence-corrected chi connectivity index (χ1v) is 10.0. The lowest BCUT2D eigenvalue weighted by molar-refractivity contribution is -0.141. The number of nitrogens with one attached hydrogen (secondary N) is 1. The monoisotopic (exact) mass is 413 g/mol. The Morgan fingerprint density at radius 1 is 1.10 bits per heavy atom. The number of Topliss-reactive ketones (excluding diaryl/α,β-unsaturated/α-hetero) is 1. The molecular formula is C25H19NO5. The lowest BCUT2D eigenvalue weighted by atomic mass is 9.99. The minimum absolute atomic E-state index is 0.00787. The number of hydrogen-bond donors (Lipinski definition) is 1. The fourth-order valence-corrected chi connectivity index (χ4v) is 4.03. The topological polar surface area (TPSA) is 85.6 Å². The molecule has 1 N–H and O–H groups in total. The van der Waals surface area contributed by atoms with Crippen molar-refractivity contribution in [2.45, 2.75) is 19.3 Å². The summed E-state index contributed by atoms with van der Waals surface area (Å²) in [7, 11) is 0. The van der Waals surface area contributed by atoms with E-state index in [2.05, 4.69) is 5.32 Å². The fraction of sp³-hybridized carbons (Fsp3) is 0.160. The molecule has 0 saturated carbocycles. The number of furan rings is 1. The molecule has 4 aromatic rings. The van der Waals surface area contributed by atoms with Crippen molar-refractivity contribution in [3.63, 3.8) is 0 Å². The van der Waals surface area contributed by atoms with Crippen molar-refractivity contribution >= 4 is 45.1 Å². The van der Waals surface area contributed by atoms with Crippen LogP contribution in [0.4, 0.5) is 5.69 Å². The first-order chi connectivity index (χ1) is 15.0. The largest absolute Gasteiger partial charge is 0.464 e. The Balaban J connectivity index is 1.29. The minimum Gasteiger partial charge on any atom is -0.464 e. The zero-order valence-electron chi connectivity index (χ0n) is 16.8. The molecule has 0 unspecified atom stereocenters. The lowest BCUT2D eigenvalue weighted by Gasteiger charge is -2.07. The minimum atomic E-state index is -0.504. The molecular weight excluding hydrogens is 394 g/mol. The van der Waals surface area contributed by atoms with Crippen LogP contribution in [0, 0.1) is 0 Å². The summed E-state index contributed by atoms with van der Waals surface area (Å²) in [6.07, 6.45) is 1.57. The number of fused-ring (bicyclic) bond motifs is 4. The van der Waals surface area contributed by atoms with Crippen LogP contribution in [0.1, 0.15) is 34.3 Å². The maximum absolute atomic E-state index is 12.5. The summed E-state index contributed by atoms with van der Waals surface area (Å²) < 4.78 is 10.9. The smallest absolute Gasteiger partial charge is 0.310 e. The second kappa shape index (κ2) is 7.40. The van der Waals surface area contributed by atoms with Gasteiger partial charge in [-0.25, -0.2) is 0 Å². The number of esters is 1. The van der Waals surface area contributed by atoms with Crippen LogP contribution >= 0.6 is 0 Å². The van der Waals surface area contributed by atoms with Gasteiger partial charge in [0.1, 0.15) is 5.58 Å². The standard InChI is InChI=1S/C25H19NO5/c1-14-19-10-16(6-8-20(19)26-25(14)29)21(27)13-31-23(28)11-17-12-30-22-9-7-15-4-2-3-5-18(15)24(17)22/h2-10,12,14H,11,13H2,1H3,(H,26,29)/t14-/m0/s1. The Morgan fingerprint density at radius 2 is 1.94 bits per heavy atom. The van der Waals surface area contributed by atoms with Crippen molar-refractivity contribution in [1.29, 1.82) is 0 Å². The number of carbonyl (C=O) groups is 3. The predicted molar refractivity (Wildman–Crippen MR) is 116 cm³/mol. The first-order valence-electron chi connectivity index (χ1n) is 10.0. The lowest BCUT2D eigenvalue weighted by Crippen LogP contribution is -2.15. The molecule has 1 aromatic heterocycles. The van der Waals surface area contributed by atoms with Gasteiger partial charge in [0.05, 0.1) is 18.6 Å². The second-order valence-corrected chi connectivity index (χ2v) is 7.69. The number of anilines is 1. The van der Waals surface area contributed by atoms with Crippen molar-refractivity contribution in [1.82, 2.24) is 0 Å². The molecule has 0 fully saturated rings. The van der Waals surface area contributed by atoms with Gasteiger partial charge in [-0.3, -0.25) is 14.4 Å². The van der Waals surface area contributed by atoms with E-state index in [1.165, 1.54) is 0 Å². The summed E-state index contributed by atoms with van der Waals surface area (Å²) in [5, 5.41) is 5.71. The SMILES string of the molecule is C[C@@H]1C(=O)Nc2ccc(C(=O)COC(=O)Cc3coc4ccc5ccccc5c34)cc21. The molecule has 0 bridgehead atoms. The van der Waals surface area contributed by atoms with Gasteiger partial charge in [0.25, 0.3) is 0 Å². The molecule has 6 heteroatoms. The van der Waals surface area contributed by atoms with E-state index < -0.39 is 5.97 Å². The Labute approximate surface area is 177 Å². The fourth-order valence-electron chi connectivity index (χ4n) is 4.03. The van der Waals surface area contributed by atoms with Crippen molar-refractivity contribution in [2.24, 2.45) is 0 Å². The van der Waals surface area contributed by atoms with E-state index >= 15 is 0 Å². The van der Waals surface area contributed by atoms with Crippen LogP contribution in [0.5, 0.6) is 0 Å². The van der Waals surface area contributed by atoms with Gasteiger partial charge >= 0.3 is 5.97 Å². The van der Waals surface area contributed by atoms with Gasteiger partial charge in [-0.15, -0.1) is 0 Å². The summed E-state index contributed by atoms with van der Waals surface area (Å²) in [4.78, 5) is 36.7. The molecule has 154 valence electrons. The van der Waals surface area contributed by atoms with Crippen molar-refractivity contribution in [3.8, 4) is 0 Å². The van der Waals surface area contributed by atoms with Crippen molar-refractivity contribution in [3.05, 3.63) is 77.6 Å². The zero-order valence-corrected chi connectivity index (χ0v) is 16.8. The third-order valence-electron chi connectivity index (χ3n) is 5.73. The molecule has 0 aliphatic carbocycles. The van der Waals surface area contributed by atoms with Gasteiger partial charge in [0.15, 0.2) is 12.4 Å². The number of ketones is 1. The van der Waals surface area contributed by atoms with Gasteiger partial charge in [-0.2, -0.15) is 0 Å².